The van der Waals surface area contributed by atoms with Gasteiger partial charge in [-0.25, -0.2) is 22.7 Å². The highest BCUT2D eigenvalue weighted by Gasteiger charge is 2.22. The van der Waals surface area contributed by atoms with Crippen LogP contribution in [-0.2, 0) is 0 Å². The molecule has 1 fully saturated rings. The van der Waals surface area contributed by atoms with Gasteiger partial charge in [-0.05, 0) is 48.7 Å². The summed E-state index contributed by atoms with van der Waals surface area (Å²) in [6.45, 7) is 1.64. The number of rotatable bonds is 4. The van der Waals surface area contributed by atoms with Gasteiger partial charge in [0.2, 0.25) is 5.95 Å². The van der Waals surface area contributed by atoms with Gasteiger partial charge in [0.25, 0.3) is 0 Å². The number of halogens is 4. The molecule has 4 heterocycles. The standard InChI is InChI=1S/C22H18ClF3N6/c23-20-11-16(3-6-27-20)31-7-4-15(5-8-31)28-22-29-21-17(10-14(24)12-32(21)30-22)13-1-2-18(25)19(26)9-13/h1-3,6,9-12,15H,4-5,7-8H2,(H,28,30). The van der Waals surface area contributed by atoms with Crippen molar-refractivity contribution in [2.45, 2.75) is 18.9 Å². The Bertz CT molecular complexity index is 1290. The summed E-state index contributed by atoms with van der Waals surface area (Å²) in [7, 11) is 0. The van der Waals surface area contributed by atoms with Crippen molar-refractivity contribution in [2.24, 2.45) is 0 Å². The zero-order chi connectivity index (χ0) is 22.2. The van der Waals surface area contributed by atoms with Crippen molar-refractivity contribution in [1.29, 1.82) is 0 Å². The maximum Gasteiger partial charge on any atom is 0.243 e. The third kappa shape index (κ3) is 4.08. The van der Waals surface area contributed by atoms with Gasteiger partial charge in [-0.15, -0.1) is 5.10 Å². The topological polar surface area (TPSA) is 58.4 Å². The highest BCUT2D eigenvalue weighted by molar-refractivity contribution is 6.29. The zero-order valence-electron chi connectivity index (χ0n) is 16.8. The summed E-state index contributed by atoms with van der Waals surface area (Å²) in [5.74, 6) is -2.18. The lowest BCUT2D eigenvalue weighted by Gasteiger charge is -2.33. The first-order chi connectivity index (χ1) is 15.5. The Morgan fingerprint density at radius 3 is 2.56 bits per heavy atom. The van der Waals surface area contributed by atoms with E-state index in [0.717, 1.165) is 43.8 Å². The van der Waals surface area contributed by atoms with E-state index in [1.165, 1.54) is 22.8 Å². The molecule has 1 aromatic carbocycles. The van der Waals surface area contributed by atoms with Crippen LogP contribution in [0, 0.1) is 17.5 Å². The molecule has 3 aromatic heterocycles. The molecule has 0 aliphatic carbocycles. The molecule has 32 heavy (non-hydrogen) atoms. The van der Waals surface area contributed by atoms with Crippen LogP contribution in [0.2, 0.25) is 5.15 Å². The largest absolute Gasteiger partial charge is 0.371 e. The smallest absolute Gasteiger partial charge is 0.243 e. The van der Waals surface area contributed by atoms with Gasteiger partial charge < -0.3 is 10.2 Å². The molecule has 0 saturated carbocycles. The molecule has 1 aliphatic rings. The number of fused-ring (bicyclic) bond motifs is 1. The van der Waals surface area contributed by atoms with Crippen molar-refractivity contribution < 1.29 is 13.2 Å². The lowest BCUT2D eigenvalue weighted by atomic mass is 10.0. The van der Waals surface area contributed by atoms with Gasteiger partial charge in [0.05, 0.1) is 6.20 Å². The Kier molecular flexibility index (Phi) is 5.34. The van der Waals surface area contributed by atoms with Crippen molar-refractivity contribution in [2.75, 3.05) is 23.3 Å². The van der Waals surface area contributed by atoms with Crippen molar-refractivity contribution in [3.05, 3.63) is 71.4 Å². The van der Waals surface area contributed by atoms with Crippen molar-refractivity contribution in [1.82, 2.24) is 19.6 Å². The third-order valence-corrected chi connectivity index (χ3v) is 5.74. The summed E-state index contributed by atoms with van der Waals surface area (Å²) < 4.78 is 42.5. The van der Waals surface area contributed by atoms with E-state index in [-0.39, 0.29) is 6.04 Å². The quantitative estimate of drug-likeness (QED) is 0.439. The number of pyridine rings is 2. The first kappa shape index (κ1) is 20.6. The molecule has 1 aliphatic heterocycles. The second-order valence-corrected chi connectivity index (χ2v) is 8.03. The summed E-state index contributed by atoms with van der Waals surface area (Å²) in [6, 6.07) is 8.55. The Balaban J connectivity index is 1.35. The van der Waals surface area contributed by atoms with Crippen LogP contribution in [0.5, 0.6) is 0 Å². The van der Waals surface area contributed by atoms with Crippen LogP contribution in [0.15, 0.2) is 48.8 Å². The van der Waals surface area contributed by atoms with E-state index >= 15 is 0 Å². The van der Waals surface area contributed by atoms with Crippen molar-refractivity contribution in [3.8, 4) is 11.1 Å². The summed E-state index contributed by atoms with van der Waals surface area (Å²) >= 11 is 5.99. The predicted molar refractivity (Wildman–Crippen MR) is 116 cm³/mol. The summed E-state index contributed by atoms with van der Waals surface area (Å²) in [5.41, 5.74) is 2.02. The molecule has 0 amide bonds. The zero-order valence-corrected chi connectivity index (χ0v) is 17.5. The minimum Gasteiger partial charge on any atom is -0.371 e. The van der Waals surface area contributed by atoms with Crippen LogP contribution in [0.25, 0.3) is 16.8 Å². The van der Waals surface area contributed by atoms with Gasteiger partial charge in [-0.2, -0.15) is 4.98 Å². The second kappa shape index (κ2) is 8.31. The van der Waals surface area contributed by atoms with Crippen LogP contribution >= 0.6 is 11.6 Å². The van der Waals surface area contributed by atoms with Crippen molar-refractivity contribution in [3.63, 3.8) is 0 Å². The molecular weight excluding hydrogens is 441 g/mol. The molecule has 0 unspecified atom stereocenters. The molecule has 4 aromatic rings. The van der Waals surface area contributed by atoms with Gasteiger partial charge in [-0.1, -0.05) is 17.7 Å². The fraction of sp³-hybridized carbons (Fsp3) is 0.227. The van der Waals surface area contributed by atoms with Crippen LogP contribution in [-0.4, -0.2) is 38.7 Å². The number of aromatic nitrogens is 4. The van der Waals surface area contributed by atoms with Crippen molar-refractivity contribution >= 4 is 28.9 Å². The monoisotopic (exact) mass is 458 g/mol. The fourth-order valence-corrected chi connectivity index (χ4v) is 4.11. The summed E-state index contributed by atoms with van der Waals surface area (Å²) in [4.78, 5) is 10.7. The number of hydrogen-bond acceptors (Lipinski definition) is 5. The molecule has 0 radical (unpaired) electrons. The van der Waals surface area contributed by atoms with Crippen LogP contribution in [0.4, 0.5) is 24.8 Å². The SMILES string of the molecule is Fc1cc(-c2ccc(F)c(F)c2)c2nc(NC3CCN(c4ccnc(Cl)c4)CC3)nn2c1. The van der Waals surface area contributed by atoms with Crippen LogP contribution < -0.4 is 10.2 Å². The molecule has 1 saturated heterocycles. The van der Waals surface area contributed by atoms with E-state index in [0.29, 0.717) is 27.9 Å². The van der Waals surface area contributed by atoms with E-state index < -0.39 is 17.5 Å². The Labute approximate surface area is 186 Å². The lowest BCUT2D eigenvalue weighted by molar-refractivity contribution is 0.509. The minimum atomic E-state index is -1.01. The minimum absolute atomic E-state index is 0.137. The molecule has 5 rings (SSSR count). The lowest BCUT2D eigenvalue weighted by Crippen LogP contribution is -2.39. The molecule has 6 nitrogen and oxygen atoms in total. The second-order valence-electron chi connectivity index (χ2n) is 7.65. The molecule has 0 spiro atoms. The Morgan fingerprint density at radius 1 is 1.00 bits per heavy atom. The molecule has 1 N–H and O–H groups in total. The van der Waals surface area contributed by atoms with Gasteiger partial charge in [0.1, 0.15) is 11.0 Å². The number of piperidine rings is 1. The van der Waals surface area contributed by atoms with E-state index in [1.807, 2.05) is 12.1 Å². The third-order valence-electron chi connectivity index (χ3n) is 5.53. The first-order valence-corrected chi connectivity index (χ1v) is 10.5. The average molecular weight is 459 g/mol. The number of hydrogen-bond donors (Lipinski definition) is 1. The predicted octanol–water partition coefficient (Wildman–Crippen LogP) is 4.94. The van der Waals surface area contributed by atoms with Gasteiger partial charge in [0, 0.05) is 36.6 Å². The van der Waals surface area contributed by atoms with E-state index in [2.05, 4.69) is 25.3 Å². The Morgan fingerprint density at radius 2 is 1.81 bits per heavy atom. The molecule has 0 atom stereocenters. The highest BCUT2D eigenvalue weighted by Crippen LogP contribution is 2.28. The number of anilines is 2. The molecular formula is C22H18ClF3N6. The summed E-state index contributed by atoms with van der Waals surface area (Å²) in [5, 5.41) is 8.10. The molecule has 164 valence electrons. The number of nitrogens with one attached hydrogen (secondary N) is 1. The fourth-order valence-electron chi connectivity index (χ4n) is 3.94. The van der Waals surface area contributed by atoms with E-state index in [9.17, 15) is 13.2 Å². The molecule has 10 heteroatoms. The average Bonchev–Trinajstić information content (AvgIpc) is 3.17. The van der Waals surface area contributed by atoms with Crippen LogP contribution in [0.3, 0.4) is 0 Å². The maximum atomic E-state index is 14.2. The van der Waals surface area contributed by atoms with E-state index in [1.54, 1.807) is 6.20 Å². The highest BCUT2D eigenvalue weighted by atomic mass is 35.5. The molecule has 0 bridgehead atoms. The normalized spacial score (nSPS) is 14.8. The van der Waals surface area contributed by atoms with Gasteiger partial charge in [0.15, 0.2) is 17.3 Å². The van der Waals surface area contributed by atoms with Gasteiger partial charge in [-0.3, -0.25) is 0 Å². The van der Waals surface area contributed by atoms with Crippen LogP contribution in [0.1, 0.15) is 12.8 Å². The maximum absolute atomic E-state index is 14.2. The number of nitrogens with zero attached hydrogens (tertiary/aromatic N) is 5. The summed E-state index contributed by atoms with van der Waals surface area (Å²) in [6.07, 6.45) is 4.58. The number of benzene rings is 1. The first-order valence-electron chi connectivity index (χ1n) is 10.1. The van der Waals surface area contributed by atoms with Gasteiger partial charge >= 0.3 is 0 Å². The Hall–Kier alpha value is -3.33. The van der Waals surface area contributed by atoms with E-state index in [4.69, 9.17) is 11.6 Å².